The fraction of sp³-hybridized carbons (Fsp3) is 0.333. The van der Waals surface area contributed by atoms with E-state index in [0.717, 1.165) is 36.5 Å². The lowest BCUT2D eigenvalue weighted by Gasteiger charge is -2.34. The Labute approximate surface area is 197 Å². The van der Waals surface area contributed by atoms with E-state index in [-0.39, 0.29) is 12.5 Å². The molecule has 1 aliphatic heterocycles. The Morgan fingerprint density at radius 1 is 1.06 bits per heavy atom. The zero-order valence-electron chi connectivity index (χ0n) is 18.1. The summed E-state index contributed by atoms with van der Waals surface area (Å²) in [6, 6.07) is 13.5. The second-order valence-corrected chi connectivity index (χ2v) is 8.75. The van der Waals surface area contributed by atoms with Gasteiger partial charge < -0.3 is 14.2 Å². The van der Waals surface area contributed by atoms with E-state index < -0.39 is 0 Å². The Morgan fingerprint density at radius 2 is 1.81 bits per heavy atom. The summed E-state index contributed by atoms with van der Waals surface area (Å²) in [5.74, 6) is 1.25. The van der Waals surface area contributed by atoms with Crippen LogP contribution in [0.4, 0.5) is 0 Å². The predicted octanol–water partition coefficient (Wildman–Crippen LogP) is 5.14. The molecule has 2 heterocycles. The molecule has 1 fully saturated rings. The molecule has 32 heavy (non-hydrogen) atoms. The molecule has 0 atom stereocenters. The monoisotopic (exact) mass is 473 g/mol. The third-order valence-corrected chi connectivity index (χ3v) is 6.44. The van der Waals surface area contributed by atoms with Gasteiger partial charge in [-0.05, 0) is 43.2 Å². The van der Waals surface area contributed by atoms with E-state index in [2.05, 4.69) is 10.1 Å². The highest BCUT2D eigenvalue weighted by Gasteiger charge is 2.28. The molecule has 6 nitrogen and oxygen atoms in total. The second kappa shape index (κ2) is 9.94. The summed E-state index contributed by atoms with van der Waals surface area (Å²) in [7, 11) is 0. The van der Waals surface area contributed by atoms with Gasteiger partial charge in [-0.15, -0.1) is 0 Å². The van der Waals surface area contributed by atoms with Crippen molar-refractivity contribution in [3.63, 3.8) is 0 Å². The first-order valence-electron chi connectivity index (χ1n) is 10.5. The Hall–Kier alpha value is -2.54. The normalized spacial score (nSPS) is 14.6. The average Bonchev–Trinajstić information content (AvgIpc) is 3.16. The molecule has 3 aromatic rings. The largest absolute Gasteiger partial charge is 0.488 e. The highest BCUT2D eigenvalue weighted by molar-refractivity contribution is 6.42. The Balaban J connectivity index is 1.37. The van der Waals surface area contributed by atoms with Gasteiger partial charge in [0.2, 0.25) is 0 Å². The van der Waals surface area contributed by atoms with E-state index in [9.17, 15) is 4.79 Å². The smallest absolute Gasteiger partial charge is 0.276 e. The minimum Gasteiger partial charge on any atom is -0.488 e. The summed E-state index contributed by atoms with van der Waals surface area (Å²) in [6.07, 6.45) is 0. The second-order valence-electron chi connectivity index (χ2n) is 7.94. The molecular weight excluding hydrogens is 449 g/mol. The summed E-state index contributed by atoms with van der Waals surface area (Å²) in [4.78, 5) is 17.3. The molecule has 0 bridgehead atoms. The van der Waals surface area contributed by atoms with Crippen LogP contribution in [0.3, 0.4) is 0 Å². The first-order valence-corrected chi connectivity index (χ1v) is 11.3. The van der Waals surface area contributed by atoms with E-state index >= 15 is 0 Å². The third-order valence-electron chi connectivity index (χ3n) is 5.70. The minimum atomic E-state index is -0.126. The van der Waals surface area contributed by atoms with E-state index in [1.54, 1.807) is 6.92 Å². The van der Waals surface area contributed by atoms with Gasteiger partial charge >= 0.3 is 0 Å². The number of ether oxygens (including phenoxy) is 1. The van der Waals surface area contributed by atoms with Gasteiger partial charge in [-0.2, -0.15) is 0 Å². The Kier molecular flexibility index (Phi) is 7.04. The molecule has 1 amide bonds. The summed E-state index contributed by atoms with van der Waals surface area (Å²) in [5, 5.41) is 5.15. The van der Waals surface area contributed by atoms with Crippen LogP contribution in [-0.4, -0.2) is 47.0 Å². The summed E-state index contributed by atoms with van der Waals surface area (Å²) < 4.78 is 11.3. The summed E-state index contributed by atoms with van der Waals surface area (Å²) in [6.45, 7) is 7.54. The quantitative estimate of drug-likeness (QED) is 0.496. The van der Waals surface area contributed by atoms with Crippen molar-refractivity contribution in [2.75, 3.05) is 26.2 Å². The maximum absolute atomic E-state index is 13.2. The fourth-order valence-corrected chi connectivity index (χ4v) is 4.07. The molecule has 4 rings (SSSR count). The van der Waals surface area contributed by atoms with Gasteiger partial charge in [-0.25, -0.2) is 0 Å². The lowest BCUT2D eigenvalue weighted by atomic mass is 10.1. The molecule has 0 saturated carbocycles. The highest BCUT2D eigenvalue weighted by Crippen LogP contribution is 2.24. The molecular formula is C24H25Cl2N3O3. The first kappa shape index (κ1) is 22.6. The van der Waals surface area contributed by atoms with Crippen molar-refractivity contribution >= 4 is 29.1 Å². The van der Waals surface area contributed by atoms with Crippen molar-refractivity contribution in [1.29, 1.82) is 0 Å². The molecule has 0 unspecified atom stereocenters. The Bertz CT molecular complexity index is 1110. The number of aromatic nitrogens is 1. The number of hydrogen-bond acceptors (Lipinski definition) is 5. The van der Waals surface area contributed by atoms with Crippen LogP contribution in [0, 0.1) is 13.8 Å². The summed E-state index contributed by atoms with van der Waals surface area (Å²) >= 11 is 12.1. The zero-order valence-corrected chi connectivity index (χ0v) is 19.6. The van der Waals surface area contributed by atoms with Crippen LogP contribution in [-0.2, 0) is 13.2 Å². The number of benzene rings is 2. The van der Waals surface area contributed by atoms with Crippen LogP contribution in [0.15, 0.2) is 47.0 Å². The van der Waals surface area contributed by atoms with Gasteiger partial charge in [0.1, 0.15) is 18.1 Å². The summed E-state index contributed by atoms with van der Waals surface area (Å²) in [5.41, 5.74) is 3.15. The number of rotatable bonds is 6. The highest BCUT2D eigenvalue weighted by atomic mass is 35.5. The van der Waals surface area contributed by atoms with Gasteiger partial charge in [0.15, 0.2) is 5.69 Å². The topological polar surface area (TPSA) is 58.8 Å². The third kappa shape index (κ3) is 5.09. The number of amides is 1. The molecule has 168 valence electrons. The number of carbonyl (C=O) groups is 1. The number of aryl methyl sites for hydroxylation is 2. The van der Waals surface area contributed by atoms with Crippen LogP contribution in [0.2, 0.25) is 10.0 Å². The van der Waals surface area contributed by atoms with E-state index in [0.29, 0.717) is 40.2 Å². The van der Waals surface area contributed by atoms with Crippen molar-refractivity contribution in [3.8, 4) is 5.75 Å². The fourth-order valence-electron chi connectivity index (χ4n) is 3.75. The van der Waals surface area contributed by atoms with Crippen LogP contribution in [0.1, 0.15) is 32.9 Å². The lowest BCUT2D eigenvalue weighted by molar-refractivity contribution is 0.0616. The van der Waals surface area contributed by atoms with Crippen LogP contribution < -0.4 is 4.74 Å². The van der Waals surface area contributed by atoms with Crippen LogP contribution in [0.5, 0.6) is 5.75 Å². The SMILES string of the molecule is Cc1ccccc1OCc1c(C(=O)N2CCN(Cc3ccc(Cl)c(Cl)c3)CC2)noc1C. The van der Waals surface area contributed by atoms with Crippen molar-refractivity contribution in [2.24, 2.45) is 0 Å². The van der Waals surface area contributed by atoms with Crippen LogP contribution in [0.25, 0.3) is 0 Å². The van der Waals surface area contributed by atoms with Gasteiger partial charge in [0, 0.05) is 32.7 Å². The van der Waals surface area contributed by atoms with E-state index in [1.807, 2.05) is 54.3 Å². The number of halogens is 2. The first-order chi connectivity index (χ1) is 15.4. The molecule has 1 aromatic heterocycles. The molecule has 0 radical (unpaired) electrons. The molecule has 2 aromatic carbocycles. The Morgan fingerprint density at radius 3 is 2.53 bits per heavy atom. The number of piperazine rings is 1. The van der Waals surface area contributed by atoms with Gasteiger partial charge in [0.05, 0.1) is 15.6 Å². The maximum Gasteiger partial charge on any atom is 0.276 e. The van der Waals surface area contributed by atoms with Crippen molar-refractivity contribution in [2.45, 2.75) is 27.0 Å². The standard InChI is InChI=1S/C24H25Cl2N3O3/c1-16-5-3-4-6-22(16)31-15-19-17(2)32-27-23(19)24(30)29-11-9-28(10-12-29)14-18-7-8-20(25)21(26)13-18/h3-8,13H,9-12,14-15H2,1-2H3. The van der Waals surface area contributed by atoms with Crippen molar-refractivity contribution in [1.82, 2.24) is 15.0 Å². The van der Waals surface area contributed by atoms with Gasteiger partial charge in [0.25, 0.3) is 5.91 Å². The number of nitrogens with zero attached hydrogens (tertiary/aromatic N) is 3. The molecule has 0 aliphatic carbocycles. The molecule has 1 saturated heterocycles. The average molecular weight is 474 g/mol. The van der Waals surface area contributed by atoms with E-state index in [1.165, 1.54) is 0 Å². The molecule has 0 spiro atoms. The lowest BCUT2D eigenvalue weighted by Crippen LogP contribution is -2.48. The predicted molar refractivity (Wildman–Crippen MR) is 124 cm³/mol. The van der Waals surface area contributed by atoms with Crippen LogP contribution >= 0.6 is 23.2 Å². The van der Waals surface area contributed by atoms with E-state index in [4.69, 9.17) is 32.5 Å². The number of carbonyl (C=O) groups excluding carboxylic acids is 1. The number of para-hydroxylation sites is 1. The van der Waals surface area contributed by atoms with Crippen molar-refractivity contribution < 1.29 is 14.1 Å². The minimum absolute atomic E-state index is 0.126. The molecule has 1 aliphatic rings. The van der Waals surface area contributed by atoms with Crippen molar-refractivity contribution in [3.05, 3.63) is 80.7 Å². The van der Waals surface area contributed by atoms with Gasteiger partial charge in [-0.1, -0.05) is 52.6 Å². The zero-order chi connectivity index (χ0) is 22.7. The number of hydrogen-bond donors (Lipinski definition) is 0. The molecule has 8 heteroatoms. The molecule has 0 N–H and O–H groups in total. The maximum atomic E-state index is 13.2. The van der Waals surface area contributed by atoms with Gasteiger partial charge in [-0.3, -0.25) is 9.69 Å².